The molecule has 0 aromatic carbocycles. The molecule has 1 unspecified atom stereocenters. The molecule has 0 spiro atoms. The molecule has 2 aliphatic rings. The van der Waals surface area contributed by atoms with Crippen molar-refractivity contribution in [2.24, 2.45) is 16.8 Å². The van der Waals surface area contributed by atoms with Crippen LogP contribution >= 0.6 is 0 Å². The molecule has 1 aliphatic heterocycles. The highest BCUT2D eigenvalue weighted by Gasteiger charge is 2.20. The fourth-order valence-corrected chi connectivity index (χ4v) is 3.96. The van der Waals surface area contributed by atoms with Gasteiger partial charge in [0.1, 0.15) is 0 Å². The standard InChI is InChI=1S/C19H38N4/c1-4-20-19(22-18-10-6-5-7-11-18)21-13-17-9-8-12-23(15-17)14-16(2)3/h16-18H,4-15H2,1-3H3,(H2,20,21,22). The number of aliphatic imine (C=N–C) groups is 1. The average Bonchev–Trinajstić information content (AvgIpc) is 2.53. The zero-order valence-electron chi connectivity index (χ0n) is 15.6. The van der Waals surface area contributed by atoms with E-state index in [0.717, 1.165) is 30.9 Å². The number of likely N-dealkylation sites (tertiary alicyclic amines) is 1. The predicted molar refractivity (Wildman–Crippen MR) is 100.0 cm³/mol. The fraction of sp³-hybridized carbons (Fsp3) is 0.947. The van der Waals surface area contributed by atoms with Crippen LogP contribution < -0.4 is 10.6 Å². The molecule has 134 valence electrons. The first-order chi connectivity index (χ1) is 11.2. The number of guanidine groups is 1. The molecule has 1 saturated heterocycles. The van der Waals surface area contributed by atoms with Gasteiger partial charge in [0, 0.05) is 32.2 Å². The molecule has 2 rings (SSSR count). The first kappa shape index (κ1) is 18.6. The summed E-state index contributed by atoms with van der Waals surface area (Å²) >= 11 is 0. The number of nitrogens with one attached hydrogen (secondary N) is 2. The second-order valence-electron chi connectivity index (χ2n) is 7.86. The van der Waals surface area contributed by atoms with Gasteiger partial charge >= 0.3 is 0 Å². The third-order valence-electron chi connectivity index (χ3n) is 5.02. The van der Waals surface area contributed by atoms with E-state index >= 15 is 0 Å². The van der Waals surface area contributed by atoms with Gasteiger partial charge in [-0.05, 0) is 51.0 Å². The van der Waals surface area contributed by atoms with E-state index in [1.807, 2.05) is 0 Å². The van der Waals surface area contributed by atoms with Crippen molar-refractivity contribution in [3.63, 3.8) is 0 Å². The minimum atomic E-state index is 0.630. The Bertz CT molecular complexity index is 347. The van der Waals surface area contributed by atoms with E-state index in [1.165, 1.54) is 64.6 Å². The summed E-state index contributed by atoms with van der Waals surface area (Å²) in [6.07, 6.45) is 9.40. The summed E-state index contributed by atoms with van der Waals surface area (Å²) in [4.78, 5) is 7.55. The van der Waals surface area contributed by atoms with Crippen molar-refractivity contribution in [2.75, 3.05) is 32.7 Å². The van der Waals surface area contributed by atoms with E-state index in [9.17, 15) is 0 Å². The first-order valence-corrected chi connectivity index (χ1v) is 9.94. The third-order valence-corrected chi connectivity index (χ3v) is 5.02. The van der Waals surface area contributed by atoms with Crippen molar-refractivity contribution in [3.8, 4) is 0 Å². The van der Waals surface area contributed by atoms with Gasteiger partial charge in [0.15, 0.2) is 5.96 Å². The largest absolute Gasteiger partial charge is 0.357 e. The summed E-state index contributed by atoms with van der Waals surface area (Å²) in [7, 11) is 0. The summed E-state index contributed by atoms with van der Waals surface area (Å²) in [5.41, 5.74) is 0. The quantitative estimate of drug-likeness (QED) is 0.582. The van der Waals surface area contributed by atoms with E-state index in [2.05, 4.69) is 36.3 Å². The summed E-state index contributed by atoms with van der Waals surface area (Å²) in [5.74, 6) is 2.53. The van der Waals surface area contributed by atoms with Crippen molar-refractivity contribution in [1.82, 2.24) is 15.5 Å². The van der Waals surface area contributed by atoms with Crippen LogP contribution in [0, 0.1) is 11.8 Å². The second kappa shape index (κ2) is 10.2. The van der Waals surface area contributed by atoms with Crippen LogP contribution in [-0.4, -0.2) is 49.6 Å². The van der Waals surface area contributed by atoms with Gasteiger partial charge in [0.2, 0.25) is 0 Å². The highest BCUT2D eigenvalue weighted by molar-refractivity contribution is 5.80. The van der Waals surface area contributed by atoms with E-state index in [0.29, 0.717) is 6.04 Å². The average molecular weight is 323 g/mol. The van der Waals surface area contributed by atoms with Gasteiger partial charge in [-0.25, -0.2) is 0 Å². The zero-order valence-corrected chi connectivity index (χ0v) is 15.6. The SMILES string of the molecule is CCNC(=NCC1CCCN(CC(C)C)C1)NC1CCCCC1. The molecule has 0 aromatic heterocycles. The minimum Gasteiger partial charge on any atom is -0.357 e. The molecule has 1 heterocycles. The van der Waals surface area contributed by atoms with Crippen molar-refractivity contribution in [2.45, 2.75) is 71.8 Å². The van der Waals surface area contributed by atoms with E-state index < -0.39 is 0 Å². The molecule has 23 heavy (non-hydrogen) atoms. The number of hydrogen-bond acceptors (Lipinski definition) is 2. The molecule has 2 fully saturated rings. The Hall–Kier alpha value is -0.770. The third kappa shape index (κ3) is 7.11. The van der Waals surface area contributed by atoms with Crippen LogP contribution in [-0.2, 0) is 0 Å². The van der Waals surface area contributed by atoms with Crippen LogP contribution in [0.1, 0.15) is 65.7 Å². The minimum absolute atomic E-state index is 0.630. The van der Waals surface area contributed by atoms with Crippen LogP contribution in [0.2, 0.25) is 0 Å². The highest BCUT2D eigenvalue weighted by atomic mass is 15.2. The Morgan fingerprint density at radius 1 is 1.13 bits per heavy atom. The number of hydrogen-bond donors (Lipinski definition) is 2. The van der Waals surface area contributed by atoms with Crippen molar-refractivity contribution in [3.05, 3.63) is 0 Å². The van der Waals surface area contributed by atoms with Crippen LogP contribution in [0.4, 0.5) is 0 Å². The number of rotatable bonds is 6. The lowest BCUT2D eigenvalue weighted by Gasteiger charge is -2.33. The summed E-state index contributed by atoms with van der Waals surface area (Å²) in [6.45, 7) is 12.4. The van der Waals surface area contributed by atoms with Crippen molar-refractivity contribution >= 4 is 5.96 Å². The maximum absolute atomic E-state index is 4.91. The molecule has 4 heteroatoms. The van der Waals surface area contributed by atoms with Gasteiger partial charge in [-0.2, -0.15) is 0 Å². The molecule has 0 radical (unpaired) electrons. The molecule has 0 aromatic rings. The Morgan fingerprint density at radius 3 is 2.61 bits per heavy atom. The Kier molecular flexibility index (Phi) is 8.21. The summed E-state index contributed by atoms with van der Waals surface area (Å²) in [6, 6.07) is 0.630. The lowest BCUT2D eigenvalue weighted by molar-refractivity contribution is 0.162. The predicted octanol–water partition coefficient (Wildman–Crippen LogP) is 3.24. The smallest absolute Gasteiger partial charge is 0.191 e. The molecule has 2 N–H and O–H groups in total. The van der Waals surface area contributed by atoms with Gasteiger partial charge in [-0.15, -0.1) is 0 Å². The van der Waals surface area contributed by atoms with E-state index in [1.54, 1.807) is 0 Å². The molecule has 4 nitrogen and oxygen atoms in total. The van der Waals surface area contributed by atoms with Gasteiger partial charge in [-0.1, -0.05) is 33.1 Å². The van der Waals surface area contributed by atoms with Gasteiger partial charge in [0.25, 0.3) is 0 Å². The van der Waals surface area contributed by atoms with Gasteiger partial charge in [0.05, 0.1) is 0 Å². The van der Waals surface area contributed by atoms with Crippen molar-refractivity contribution in [1.29, 1.82) is 0 Å². The second-order valence-corrected chi connectivity index (χ2v) is 7.86. The molecule has 1 atom stereocenters. The van der Waals surface area contributed by atoms with Crippen LogP contribution in [0.15, 0.2) is 4.99 Å². The van der Waals surface area contributed by atoms with Crippen LogP contribution in [0.5, 0.6) is 0 Å². The molecule has 0 amide bonds. The molecule has 1 aliphatic carbocycles. The molecule has 0 bridgehead atoms. The topological polar surface area (TPSA) is 39.7 Å². The number of piperidine rings is 1. The summed E-state index contributed by atoms with van der Waals surface area (Å²) < 4.78 is 0. The Labute approximate surface area is 143 Å². The lowest BCUT2D eigenvalue weighted by Crippen LogP contribution is -2.45. The molecular weight excluding hydrogens is 284 g/mol. The molecule has 1 saturated carbocycles. The maximum Gasteiger partial charge on any atom is 0.191 e. The Balaban J connectivity index is 1.81. The van der Waals surface area contributed by atoms with Crippen LogP contribution in [0.25, 0.3) is 0 Å². The highest BCUT2D eigenvalue weighted by Crippen LogP contribution is 2.19. The van der Waals surface area contributed by atoms with E-state index in [-0.39, 0.29) is 0 Å². The van der Waals surface area contributed by atoms with Gasteiger partial charge in [-0.3, -0.25) is 4.99 Å². The van der Waals surface area contributed by atoms with Crippen LogP contribution in [0.3, 0.4) is 0 Å². The maximum atomic E-state index is 4.91. The monoisotopic (exact) mass is 322 g/mol. The van der Waals surface area contributed by atoms with Crippen molar-refractivity contribution < 1.29 is 0 Å². The Morgan fingerprint density at radius 2 is 1.91 bits per heavy atom. The lowest BCUT2D eigenvalue weighted by atomic mass is 9.95. The number of nitrogens with zero attached hydrogens (tertiary/aromatic N) is 2. The zero-order chi connectivity index (χ0) is 16.5. The van der Waals surface area contributed by atoms with E-state index in [4.69, 9.17) is 4.99 Å². The fourth-order valence-electron chi connectivity index (χ4n) is 3.96. The van der Waals surface area contributed by atoms with Gasteiger partial charge < -0.3 is 15.5 Å². The molecular formula is C19H38N4. The normalized spacial score (nSPS) is 24.9. The summed E-state index contributed by atoms with van der Waals surface area (Å²) in [5, 5.41) is 7.10. The first-order valence-electron chi connectivity index (χ1n) is 9.94.